The fourth-order valence-corrected chi connectivity index (χ4v) is 3.30. The molecule has 13 heteroatoms. The lowest BCUT2D eigenvalue weighted by Gasteiger charge is -2.15. The van der Waals surface area contributed by atoms with E-state index in [1.165, 1.54) is 13.3 Å². The molecule has 3 aromatic heterocycles. The van der Waals surface area contributed by atoms with Crippen LogP contribution < -0.4 is 15.4 Å². The number of nitrogens with zero attached hydrogens (tertiary/aromatic N) is 8. The summed E-state index contributed by atoms with van der Waals surface area (Å²) >= 11 is 0. The molecule has 0 atom stereocenters. The van der Waals surface area contributed by atoms with Gasteiger partial charge in [-0.25, -0.2) is 14.8 Å². The molecule has 0 spiro atoms. The van der Waals surface area contributed by atoms with Crippen LogP contribution >= 0.6 is 0 Å². The summed E-state index contributed by atoms with van der Waals surface area (Å²) < 4.78 is 8.99. The second kappa shape index (κ2) is 12.4. The number of nitrogens with one attached hydrogen (secondary N) is 2. The van der Waals surface area contributed by atoms with Gasteiger partial charge in [0.05, 0.1) is 36.8 Å². The number of likely N-dealkylation sites (N-methyl/N-ethyl adjacent to an activating group) is 1. The first-order valence-electron chi connectivity index (χ1n) is 11.7. The average Bonchev–Trinajstić information content (AvgIpc) is 3.52. The molecule has 4 aromatic rings. The van der Waals surface area contributed by atoms with E-state index >= 15 is 0 Å². The summed E-state index contributed by atoms with van der Waals surface area (Å²) in [6, 6.07) is 5.36. The van der Waals surface area contributed by atoms with Crippen molar-refractivity contribution < 1.29 is 14.6 Å². The minimum atomic E-state index is -1.17. The maximum atomic E-state index is 11.8. The maximum absolute atomic E-state index is 11.8. The summed E-state index contributed by atoms with van der Waals surface area (Å²) in [7, 11) is 7.27. The van der Waals surface area contributed by atoms with Crippen molar-refractivity contribution in [1.82, 2.24) is 39.4 Å². The van der Waals surface area contributed by atoms with Crippen LogP contribution in [0.25, 0.3) is 11.4 Å². The first kappa shape index (κ1) is 27.1. The number of ether oxygens (including phenoxy) is 1. The third kappa shape index (κ3) is 6.79. The Morgan fingerprint density at radius 1 is 1.16 bits per heavy atom. The molecule has 13 nitrogen and oxygen atoms in total. The van der Waals surface area contributed by atoms with Crippen LogP contribution in [0.3, 0.4) is 0 Å². The average molecular weight is 509 g/mol. The molecule has 0 aliphatic heterocycles. The van der Waals surface area contributed by atoms with Gasteiger partial charge in [-0.2, -0.15) is 15.2 Å². The Morgan fingerprint density at radius 3 is 2.59 bits per heavy atom. The van der Waals surface area contributed by atoms with Crippen LogP contribution in [-0.2, 0) is 13.6 Å². The summed E-state index contributed by atoms with van der Waals surface area (Å²) in [4.78, 5) is 26.7. The molecular formula is C24H32N10O3. The van der Waals surface area contributed by atoms with Crippen LogP contribution in [-0.4, -0.2) is 78.2 Å². The smallest absolute Gasteiger partial charge is 0.341 e. The zero-order valence-corrected chi connectivity index (χ0v) is 21.8. The number of carboxylic acid groups (broad SMARTS) is 1. The Bertz CT molecular complexity index is 1330. The van der Waals surface area contributed by atoms with Crippen LogP contribution in [0, 0.1) is 0 Å². The summed E-state index contributed by atoms with van der Waals surface area (Å²) in [5.74, 6) is 0.0655. The molecule has 0 fully saturated rings. The van der Waals surface area contributed by atoms with E-state index in [1.54, 1.807) is 41.1 Å². The van der Waals surface area contributed by atoms with Crippen LogP contribution in [0.15, 0.2) is 43.1 Å². The Labute approximate surface area is 215 Å². The number of carboxylic acids is 1. The van der Waals surface area contributed by atoms with Crippen molar-refractivity contribution in [3.05, 3.63) is 48.7 Å². The molecule has 4 rings (SSSR count). The zero-order valence-electron chi connectivity index (χ0n) is 21.8. The fourth-order valence-electron chi connectivity index (χ4n) is 3.30. The van der Waals surface area contributed by atoms with Crippen molar-refractivity contribution in [2.75, 3.05) is 38.4 Å². The molecule has 3 N–H and O–H groups in total. The van der Waals surface area contributed by atoms with E-state index in [-0.39, 0.29) is 17.3 Å². The molecule has 3 heterocycles. The number of hydrogen-bond acceptors (Lipinski definition) is 10. The Hall–Kier alpha value is -4.52. The lowest BCUT2D eigenvalue weighted by molar-refractivity contribution is 0.0697. The minimum absolute atomic E-state index is 0.0966. The standard InChI is InChI=1S/C22H26N10O3.C2H6/c1-30(2)8-9-32-12-14(10-25-32)26-22-23-11-16(21(33)34)20(28-22)27-17-7-5-6-15(18(17)35-4)19-24-13-31(3)29-19;1-2/h5-7,10-13H,8-9H2,1-4H3,(H,33,34)(H2,23,26,27,28);1-2H3. The van der Waals surface area contributed by atoms with E-state index in [1.807, 2.05) is 40.2 Å². The number of anilines is 4. The Balaban J connectivity index is 0.00000186. The quantitative estimate of drug-likeness (QED) is 0.290. The van der Waals surface area contributed by atoms with Gasteiger partial charge < -0.3 is 25.4 Å². The van der Waals surface area contributed by atoms with Gasteiger partial charge >= 0.3 is 5.97 Å². The van der Waals surface area contributed by atoms with Gasteiger partial charge in [0, 0.05) is 26.0 Å². The summed E-state index contributed by atoms with van der Waals surface area (Å²) in [5.41, 5.74) is 1.73. The predicted octanol–water partition coefficient (Wildman–Crippen LogP) is 3.25. The van der Waals surface area contributed by atoms with E-state index in [0.29, 0.717) is 28.5 Å². The van der Waals surface area contributed by atoms with E-state index in [2.05, 4.69) is 40.7 Å². The number of aromatic nitrogens is 7. The molecular weight excluding hydrogens is 476 g/mol. The topological polar surface area (TPSA) is 148 Å². The molecule has 0 amide bonds. The molecule has 0 radical (unpaired) electrons. The number of aryl methyl sites for hydroxylation is 1. The number of para-hydroxylation sites is 1. The van der Waals surface area contributed by atoms with Gasteiger partial charge in [-0.3, -0.25) is 9.36 Å². The molecule has 37 heavy (non-hydrogen) atoms. The molecule has 1 aromatic carbocycles. The van der Waals surface area contributed by atoms with Gasteiger partial charge in [0.2, 0.25) is 5.95 Å². The lowest BCUT2D eigenvalue weighted by atomic mass is 10.1. The van der Waals surface area contributed by atoms with Gasteiger partial charge in [-0.05, 0) is 26.2 Å². The van der Waals surface area contributed by atoms with Gasteiger partial charge in [0.25, 0.3) is 0 Å². The largest absolute Gasteiger partial charge is 0.494 e. The molecule has 0 saturated heterocycles. The molecule has 0 unspecified atom stereocenters. The maximum Gasteiger partial charge on any atom is 0.341 e. The molecule has 0 bridgehead atoms. The lowest BCUT2D eigenvalue weighted by Crippen LogP contribution is -2.18. The van der Waals surface area contributed by atoms with Crippen molar-refractivity contribution in [3.8, 4) is 17.1 Å². The van der Waals surface area contributed by atoms with Crippen molar-refractivity contribution in [2.24, 2.45) is 7.05 Å². The van der Waals surface area contributed by atoms with Gasteiger partial charge in [0.15, 0.2) is 17.4 Å². The minimum Gasteiger partial charge on any atom is -0.494 e. The first-order chi connectivity index (χ1) is 17.8. The monoisotopic (exact) mass is 508 g/mol. The summed E-state index contributed by atoms with van der Waals surface area (Å²) in [6.07, 6.45) is 6.32. The second-order valence-corrected chi connectivity index (χ2v) is 7.93. The highest BCUT2D eigenvalue weighted by atomic mass is 16.5. The third-order valence-corrected chi connectivity index (χ3v) is 5.00. The van der Waals surface area contributed by atoms with Crippen molar-refractivity contribution in [2.45, 2.75) is 20.4 Å². The Kier molecular flexibility index (Phi) is 9.11. The second-order valence-electron chi connectivity index (χ2n) is 7.93. The summed E-state index contributed by atoms with van der Waals surface area (Å²) in [6.45, 7) is 5.56. The van der Waals surface area contributed by atoms with Crippen LogP contribution in [0.4, 0.5) is 23.1 Å². The predicted molar refractivity (Wildman–Crippen MR) is 141 cm³/mol. The highest BCUT2D eigenvalue weighted by Crippen LogP contribution is 2.36. The Morgan fingerprint density at radius 2 is 1.95 bits per heavy atom. The number of aromatic carboxylic acids is 1. The third-order valence-electron chi connectivity index (χ3n) is 5.00. The zero-order chi connectivity index (χ0) is 26.9. The molecule has 0 saturated carbocycles. The van der Waals surface area contributed by atoms with E-state index < -0.39 is 5.97 Å². The van der Waals surface area contributed by atoms with Crippen molar-refractivity contribution in [1.29, 1.82) is 0 Å². The molecule has 0 aliphatic carbocycles. The fraction of sp³-hybridized carbons (Fsp3) is 0.333. The number of carbonyl (C=O) groups is 1. The normalized spacial score (nSPS) is 10.6. The molecule has 196 valence electrons. The van der Waals surface area contributed by atoms with E-state index in [0.717, 1.165) is 13.1 Å². The van der Waals surface area contributed by atoms with Crippen molar-refractivity contribution >= 4 is 29.1 Å². The SMILES string of the molecule is CC.COc1c(Nc2nc(Nc3cnn(CCN(C)C)c3)ncc2C(=O)O)cccc1-c1ncn(C)n1. The van der Waals surface area contributed by atoms with Gasteiger partial charge in [-0.1, -0.05) is 19.9 Å². The number of methoxy groups -OCH3 is 1. The van der Waals surface area contributed by atoms with E-state index in [9.17, 15) is 9.90 Å². The highest BCUT2D eigenvalue weighted by Gasteiger charge is 2.19. The van der Waals surface area contributed by atoms with Gasteiger partial charge in [-0.15, -0.1) is 0 Å². The highest BCUT2D eigenvalue weighted by molar-refractivity contribution is 5.94. The van der Waals surface area contributed by atoms with Crippen molar-refractivity contribution in [3.63, 3.8) is 0 Å². The summed E-state index contributed by atoms with van der Waals surface area (Å²) in [5, 5.41) is 24.5. The van der Waals surface area contributed by atoms with Gasteiger partial charge in [0.1, 0.15) is 11.9 Å². The number of hydrogen-bond donors (Lipinski definition) is 3. The first-order valence-corrected chi connectivity index (χ1v) is 11.7. The van der Waals surface area contributed by atoms with E-state index in [4.69, 9.17) is 4.74 Å². The van der Waals surface area contributed by atoms with Crippen LogP contribution in [0.5, 0.6) is 5.75 Å². The van der Waals surface area contributed by atoms with Crippen LogP contribution in [0.1, 0.15) is 24.2 Å². The molecule has 0 aliphatic rings. The number of benzene rings is 1. The number of rotatable bonds is 10. The van der Waals surface area contributed by atoms with Crippen LogP contribution in [0.2, 0.25) is 0 Å².